The molecule has 1 aliphatic heterocycles. The first kappa shape index (κ1) is 8.07. The molecule has 0 saturated carbocycles. The molecule has 4 nitrogen and oxygen atoms in total. The van der Waals surface area contributed by atoms with E-state index < -0.39 is 5.97 Å². The summed E-state index contributed by atoms with van der Waals surface area (Å²) in [5, 5.41) is 8.55. The van der Waals surface area contributed by atoms with Gasteiger partial charge in [0.15, 0.2) is 0 Å². The molecule has 1 rings (SSSR count). The van der Waals surface area contributed by atoms with Crippen molar-refractivity contribution in [2.45, 2.75) is 0 Å². The Morgan fingerprint density at radius 3 is 2.45 bits per heavy atom. The van der Waals surface area contributed by atoms with Crippen LogP contribution in [0.15, 0.2) is 12.3 Å². The van der Waals surface area contributed by atoms with Crippen LogP contribution in [0.1, 0.15) is 0 Å². The normalized spacial score (nSPS) is 18.0. The van der Waals surface area contributed by atoms with E-state index in [9.17, 15) is 4.79 Å². The van der Waals surface area contributed by atoms with Gasteiger partial charge in [-0.05, 0) is 0 Å². The molecule has 0 aromatic rings. The third-order valence-corrected chi connectivity index (χ3v) is 1.64. The molecule has 0 bridgehead atoms. The van der Waals surface area contributed by atoms with E-state index in [-0.39, 0.29) is 5.70 Å². The van der Waals surface area contributed by atoms with E-state index >= 15 is 0 Å². The molecule has 0 spiro atoms. The lowest BCUT2D eigenvalue weighted by atomic mass is 10.3. The van der Waals surface area contributed by atoms with Crippen LogP contribution in [0, 0.1) is 0 Å². The Bertz CT molecular complexity index is 173. The van der Waals surface area contributed by atoms with Gasteiger partial charge >= 0.3 is 5.97 Å². The zero-order valence-electron chi connectivity index (χ0n) is 6.25. The number of hydrogen-bond acceptors (Lipinski definition) is 3. The fourth-order valence-corrected chi connectivity index (χ4v) is 0.969. The summed E-state index contributed by atoms with van der Waals surface area (Å²) in [5.74, 6) is -0.952. The van der Waals surface area contributed by atoms with Crippen LogP contribution in [0.25, 0.3) is 0 Å². The molecular formula is C7H11NO3. The van der Waals surface area contributed by atoms with Gasteiger partial charge in [-0.15, -0.1) is 0 Å². The summed E-state index contributed by atoms with van der Waals surface area (Å²) in [6.07, 6.45) is 0. The molecule has 1 saturated heterocycles. The Balaban J connectivity index is 2.45. The van der Waals surface area contributed by atoms with Crippen molar-refractivity contribution in [1.29, 1.82) is 0 Å². The second kappa shape index (κ2) is 3.39. The molecule has 0 atom stereocenters. The number of carbonyl (C=O) groups is 1. The molecule has 0 amide bonds. The molecule has 1 aliphatic rings. The zero-order valence-corrected chi connectivity index (χ0v) is 6.25. The van der Waals surface area contributed by atoms with Gasteiger partial charge in [0, 0.05) is 13.1 Å². The van der Waals surface area contributed by atoms with Gasteiger partial charge in [0.1, 0.15) is 5.70 Å². The van der Waals surface area contributed by atoms with Crippen molar-refractivity contribution >= 4 is 5.97 Å². The fraction of sp³-hybridized carbons (Fsp3) is 0.571. The molecule has 0 aromatic heterocycles. The second-order valence-corrected chi connectivity index (χ2v) is 2.35. The maximum Gasteiger partial charge on any atom is 0.351 e. The van der Waals surface area contributed by atoms with Crippen LogP contribution in [0.3, 0.4) is 0 Å². The van der Waals surface area contributed by atoms with Gasteiger partial charge in [0.2, 0.25) is 0 Å². The first-order valence-electron chi connectivity index (χ1n) is 3.46. The van der Waals surface area contributed by atoms with E-state index in [0.717, 1.165) is 0 Å². The highest BCUT2D eigenvalue weighted by atomic mass is 16.5. The molecule has 0 aromatic carbocycles. The van der Waals surface area contributed by atoms with Gasteiger partial charge in [-0.2, -0.15) is 0 Å². The van der Waals surface area contributed by atoms with E-state index in [1.54, 1.807) is 4.90 Å². The van der Waals surface area contributed by atoms with E-state index in [4.69, 9.17) is 9.84 Å². The molecule has 0 unspecified atom stereocenters. The molecule has 11 heavy (non-hydrogen) atoms. The first-order chi connectivity index (χ1) is 5.22. The largest absolute Gasteiger partial charge is 0.477 e. The smallest absolute Gasteiger partial charge is 0.351 e. The van der Waals surface area contributed by atoms with Crippen molar-refractivity contribution in [2.75, 3.05) is 26.3 Å². The summed E-state index contributed by atoms with van der Waals surface area (Å²) in [4.78, 5) is 12.1. The average Bonchev–Trinajstić information content (AvgIpc) is 2.05. The Hall–Kier alpha value is -1.03. The van der Waals surface area contributed by atoms with Crippen LogP contribution >= 0.6 is 0 Å². The second-order valence-electron chi connectivity index (χ2n) is 2.35. The van der Waals surface area contributed by atoms with Crippen molar-refractivity contribution in [3.8, 4) is 0 Å². The minimum Gasteiger partial charge on any atom is -0.477 e. The van der Waals surface area contributed by atoms with Gasteiger partial charge in [-0.25, -0.2) is 4.79 Å². The van der Waals surface area contributed by atoms with Crippen LogP contribution in [-0.2, 0) is 9.53 Å². The molecule has 4 heteroatoms. The topological polar surface area (TPSA) is 49.8 Å². The van der Waals surface area contributed by atoms with Gasteiger partial charge in [-0.1, -0.05) is 6.58 Å². The standard InChI is InChI=1S/C7H11NO3/c1-6(7(9)10)8-2-4-11-5-3-8/h1-5H2,(H,9,10). The van der Waals surface area contributed by atoms with E-state index in [2.05, 4.69) is 6.58 Å². The Morgan fingerprint density at radius 1 is 1.45 bits per heavy atom. The number of ether oxygens (including phenoxy) is 1. The van der Waals surface area contributed by atoms with Gasteiger partial charge in [0.05, 0.1) is 13.2 Å². The number of rotatable bonds is 2. The van der Waals surface area contributed by atoms with Gasteiger partial charge in [0.25, 0.3) is 0 Å². The zero-order chi connectivity index (χ0) is 8.27. The van der Waals surface area contributed by atoms with Crippen molar-refractivity contribution in [2.24, 2.45) is 0 Å². The quantitative estimate of drug-likeness (QED) is 0.569. The number of hydrogen-bond donors (Lipinski definition) is 1. The summed E-state index contributed by atoms with van der Waals surface area (Å²) in [5.41, 5.74) is 0.160. The lowest BCUT2D eigenvalue weighted by Gasteiger charge is -2.28. The molecule has 1 heterocycles. The highest BCUT2D eigenvalue weighted by molar-refractivity contribution is 5.85. The van der Waals surface area contributed by atoms with Crippen molar-refractivity contribution in [3.63, 3.8) is 0 Å². The summed E-state index contributed by atoms with van der Waals surface area (Å²) in [6.45, 7) is 5.89. The maximum absolute atomic E-state index is 10.4. The predicted molar refractivity (Wildman–Crippen MR) is 39.2 cm³/mol. The summed E-state index contributed by atoms with van der Waals surface area (Å²) >= 11 is 0. The van der Waals surface area contributed by atoms with E-state index in [1.165, 1.54) is 0 Å². The summed E-state index contributed by atoms with van der Waals surface area (Å²) in [6, 6.07) is 0. The van der Waals surface area contributed by atoms with E-state index in [1.807, 2.05) is 0 Å². The number of nitrogens with zero attached hydrogens (tertiary/aromatic N) is 1. The minimum atomic E-state index is -0.952. The van der Waals surface area contributed by atoms with Crippen LogP contribution in [0.2, 0.25) is 0 Å². The molecule has 1 N–H and O–H groups in total. The summed E-state index contributed by atoms with van der Waals surface area (Å²) < 4.78 is 5.05. The molecule has 1 fully saturated rings. The van der Waals surface area contributed by atoms with Gasteiger partial charge in [-0.3, -0.25) is 0 Å². The Morgan fingerprint density at radius 2 is 2.00 bits per heavy atom. The minimum absolute atomic E-state index is 0.160. The van der Waals surface area contributed by atoms with Gasteiger partial charge < -0.3 is 14.7 Å². The van der Waals surface area contributed by atoms with Crippen LogP contribution < -0.4 is 0 Å². The lowest BCUT2D eigenvalue weighted by Crippen LogP contribution is -2.37. The van der Waals surface area contributed by atoms with Crippen LogP contribution in [0.5, 0.6) is 0 Å². The Labute approximate surface area is 65.1 Å². The maximum atomic E-state index is 10.4. The third kappa shape index (κ3) is 1.94. The van der Waals surface area contributed by atoms with Crippen molar-refractivity contribution in [1.82, 2.24) is 4.90 Å². The number of carboxylic acids is 1. The SMILES string of the molecule is C=C(C(=O)O)N1CCOCC1. The lowest BCUT2D eigenvalue weighted by molar-refractivity contribution is -0.135. The van der Waals surface area contributed by atoms with Crippen LogP contribution in [-0.4, -0.2) is 42.3 Å². The van der Waals surface area contributed by atoms with Crippen molar-refractivity contribution in [3.05, 3.63) is 12.3 Å². The Kier molecular flexibility index (Phi) is 2.48. The predicted octanol–water partition coefficient (Wildman–Crippen LogP) is -0.0831. The molecule has 0 aliphatic carbocycles. The highest BCUT2D eigenvalue weighted by Gasteiger charge is 2.16. The first-order valence-corrected chi connectivity index (χ1v) is 3.46. The summed E-state index contributed by atoms with van der Waals surface area (Å²) in [7, 11) is 0. The molecule has 0 radical (unpaired) electrons. The fourth-order valence-electron chi connectivity index (χ4n) is 0.969. The molecular weight excluding hydrogens is 146 g/mol. The highest BCUT2D eigenvalue weighted by Crippen LogP contribution is 2.04. The monoisotopic (exact) mass is 157 g/mol. The van der Waals surface area contributed by atoms with Crippen molar-refractivity contribution < 1.29 is 14.6 Å². The third-order valence-electron chi connectivity index (χ3n) is 1.64. The number of aliphatic carboxylic acids is 1. The number of carboxylic acid groups (broad SMARTS) is 1. The van der Waals surface area contributed by atoms with Crippen LogP contribution in [0.4, 0.5) is 0 Å². The molecule has 62 valence electrons. The van der Waals surface area contributed by atoms with E-state index in [0.29, 0.717) is 26.3 Å². The average molecular weight is 157 g/mol. The number of morpholine rings is 1.